The van der Waals surface area contributed by atoms with E-state index >= 15 is 0 Å². The molecule has 2 rings (SSSR count). The van der Waals surface area contributed by atoms with Gasteiger partial charge in [0.2, 0.25) is 0 Å². The van der Waals surface area contributed by atoms with Gasteiger partial charge in [-0.15, -0.1) is 0 Å². The molecule has 2 saturated heterocycles. The van der Waals surface area contributed by atoms with E-state index in [1.54, 1.807) is 0 Å². The van der Waals surface area contributed by atoms with Crippen molar-refractivity contribution in [3.05, 3.63) is 24.3 Å². The summed E-state index contributed by atoms with van der Waals surface area (Å²) in [5, 5.41) is 71.1. The van der Waals surface area contributed by atoms with Gasteiger partial charge in [-0.05, 0) is 44.9 Å². The molecule has 0 saturated carbocycles. The maximum absolute atomic E-state index is 12.3. The number of rotatable bonds is 29. The van der Waals surface area contributed by atoms with Crippen LogP contribution in [0.1, 0.15) is 117 Å². The van der Waals surface area contributed by atoms with Gasteiger partial charge in [0.25, 0.3) is 0 Å². The molecule has 2 fully saturated rings. The first-order chi connectivity index (χ1) is 25.6. The average Bonchev–Trinajstić information content (AvgIpc) is 3.15. The molecule has 2 aliphatic rings. The Labute approximate surface area is 316 Å². The number of esters is 1. The summed E-state index contributed by atoms with van der Waals surface area (Å²) in [6, 6.07) is 0. The third-order valence-electron chi connectivity index (χ3n) is 9.43. The van der Waals surface area contributed by atoms with E-state index in [0.717, 1.165) is 32.1 Å². The fourth-order valence-electron chi connectivity index (χ4n) is 6.11. The zero-order chi connectivity index (χ0) is 38.8. The van der Waals surface area contributed by atoms with Gasteiger partial charge in [0.05, 0.1) is 26.4 Å². The summed E-state index contributed by atoms with van der Waals surface area (Å²) in [4.78, 5) is 12.3. The number of allylic oxidation sites excluding steroid dienone is 4. The Morgan fingerprint density at radius 1 is 0.623 bits per heavy atom. The van der Waals surface area contributed by atoms with Crippen LogP contribution in [0.5, 0.6) is 0 Å². The van der Waals surface area contributed by atoms with Gasteiger partial charge in [-0.3, -0.25) is 4.79 Å². The molecule has 7 N–H and O–H groups in total. The molecule has 11 atom stereocenters. The number of unbranched alkanes of at least 4 members (excludes halogenated alkanes) is 11. The van der Waals surface area contributed by atoms with Crippen molar-refractivity contribution < 1.29 is 69.0 Å². The van der Waals surface area contributed by atoms with Crippen molar-refractivity contribution in [1.29, 1.82) is 0 Å². The van der Waals surface area contributed by atoms with Crippen LogP contribution in [0.4, 0.5) is 0 Å². The Balaban J connectivity index is 1.67. The quantitative estimate of drug-likeness (QED) is 0.0332. The van der Waals surface area contributed by atoms with E-state index in [-0.39, 0.29) is 19.6 Å². The number of aliphatic hydroxyl groups is 7. The van der Waals surface area contributed by atoms with E-state index in [2.05, 4.69) is 31.2 Å². The molecule has 0 bridgehead atoms. The third kappa shape index (κ3) is 18.8. The Kier molecular flexibility index (Phi) is 25.9. The lowest BCUT2D eigenvalue weighted by Gasteiger charge is -2.42. The number of aliphatic hydroxyl groups excluding tert-OH is 7. The molecular formula is C39H70O14. The van der Waals surface area contributed by atoms with Crippen LogP contribution >= 0.6 is 0 Å². The van der Waals surface area contributed by atoms with Gasteiger partial charge in [0, 0.05) is 13.0 Å². The Morgan fingerprint density at radius 2 is 1.17 bits per heavy atom. The SMILES string of the molecule is CCCCC/C=C\C/C=C\CCCCCCCCCCOCC(COC1OC(COC2OC(CO)C(O)C(O)C2O)C(O)C(O)C1O)OC(=O)CCC. The minimum absolute atomic E-state index is 0.0524. The van der Waals surface area contributed by atoms with Gasteiger partial charge >= 0.3 is 5.97 Å². The van der Waals surface area contributed by atoms with Gasteiger partial charge in [0.15, 0.2) is 12.6 Å². The second-order valence-corrected chi connectivity index (χ2v) is 14.1. The topological polar surface area (TPSA) is 214 Å². The molecule has 0 aromatic rings. The van der Waals surface area contributed by atoms with Gasteiger partial charge in [-0.1, -0.05) is 89.5 Å². The van der Waals surface area contributed by atoms with Crippen LogP contribution < -0.4 is 0 Å². The highest BCUT2D eigenvalue weighted by Gasteiger charge is 2.47. The van der Waals surface area contributed by atoms with Crippen LogP contribution in [0.25, 0.3) is 0 Å². The summed E-state index contributed by atoms with van der Waals surface area (Å²) in [5.41, 5.74) is 0. The molecule has 0 aromatic heterocycles. The maximum Gasteiger partial charge on any atom is 0.306 e. The van der Waals surface area contributed by atoms with Crippen molar-refractivity contribution in [2.45, 2.75) is 184 Å². The normalized spacial score (nSPS) is 30.0. The van der Waals surface area contributed by atoms with Gasteiger partial charge in [0.1, 0.15) is 54.9 Å². The fraction of sp³-hybridized carbons (Fsp3) is 0.872. The molecule has 11 unspecified atom stereocenters. The lowest BCUT2D eigenvalue weighted by atomic mass is 9.98. The largest absolute Gasteiger partial charge is 0.457 e. The zero-order valence-corrected chi connectivity index (χ0v) is 32.0. The predicted molar refractivity (Wildman–Crippen MR) is 197 cm³/mol. The highest BCUT2D eigenvalue weighted by Crippen LogP contribution is 2.26. The number of hydrogen-bond acceptors (Lipinski definition) is 14. The summed E-state index contributed by atoms with van der Waals surface area (Å²) in [7, 11) is 0. The Hall–Kier alpha value is -1.53. The molecule has 14 nitrogen and oxygen atoms in total. The summed E-state index contributed by atoms with van der Waals surface area (Å²) in [6.07, 6.45) is 10.1. The summed E-state index contributed by atoms with van der Waals surface area (Å²) < 4.78 is 33.5. The molecule has 53 heavy (non-hydrogen) atoms. The number of carbonyl (C=O) groups excluding carboxylic acids is 1. The van der Waals surface area contributed by atoms with E-state index < -0.39 is 86.7 Å². The molecule has 2 aliphatic heterocycles. The monoisotopic (exact) mass is 762 g/mol. The van der Waals surface area contributed by atoms with Crippen molar-refractivity contribution in [1.82, 2.24) is 0 Å². The van der Waals surface area contributed by atoms with E-state index in [1.807, 2.05) is 6.92 Å². The highest BCUT2D eigenvalue weighted by molar-refractivity contribution is 5.69. The molecule has 0 spiro atoms. The second kappa shape index (κ2) is 28.8. The van der Waals surface area contributed by atoms with Gasteiger partial charge in [-0.2, -0.15) is 0 Å². The molecule has 0 radical (unpaired) electrons. The second-order valence-electron chi connectivity index (χ2n) is 14.1. The van der Waals surface area contributed by atoms with Crippen LogP contribution in [0, 0.1) is 0 Å². The van der Waals surface area contributed by atoms with E-state index in [4.69, 9.17) is 28.4 Å². The molecule has 310 valence electrons. The van der Waals surface area contributed by atoms with E-state index in [0.29, 0.717) is 13.0 Å². The maximum atomic E-state index is 12.3. The van der Waals surface area contributed by atoms with Crippen molar-refractivity contribution in [3.63, 3.8) is 0 Å². The lowest BCUT2D eigenvalue weighted by molar-refractivity contribution is -0.332. The van der Waals surface area contributed by atoms with Crippen LogP contribution in [0.15, 0.2) is 24.3 Å². The first-order valence-corrected chi connectivity index (χ1v) is 19.9. The lowest BCUT2D eigenvalue weighted by Crippen LogP contribution is -2.61. The third-order valence-corrected chi connectivity index (χ3v) is 9.43. The van der Waals surface area contributed by atoms with Crippen molar-refractivity contribution >= 4 is 5.97 Å². The standard InChI is InChI=1S/C39H70O14/c1-3-5-6-7-8-9-10-11-12-13-14-15-16-17-18-19-20-21-23-48-25-28(51-31(41)22-4-2)26-49-38-37(47)35(45)33(43)30(53-38)27-50-39-36(46)34(44)32(42)29(24-40)52-39/h8-9,11-12,28-30,32-40,42-47H,3-7,10,13-27H2,1-2H3/b9-8-,12-11-. The summed E-state index contributed by atoms with van der Waals surface area (Å²) in [5.74, 6) is -0.433. The highest BCUT2D eigenvalue weighted by atomic mass is 16.7. The Morgan fingerprint density at radius 3 is 1.77 bits per heavy atom. The molecule has 2 heterocycles. The summed E-state index contributed by atoms with van der Waals surface area (Å²) in [6.45, 7) is 3.24. The van der Waals surface area contributed by atoms with Crippen LogP contribution in [0.3, 0.4) is 0 Å². The summed E-state index contributed by atoms with van der Waals surface area (Å²) >= 11 is 0. The van der Waals surface area contributed by atoms with Crippen LogP contribution in [-0.2, 0) is 33.2 Å². The molecule has 0 amide bonds. The molecule has 14 heteroatoms. The first-order valence-electron chi connectivity index (χ1n) is 19.9. The number of ether oxygens (including phenoxy) is 6. The smallest absolute Gasteiger partial charge is 0.306 e. The van der Waals surface area contributed by atoms with Crippen LogP contribution in [0.2, 0.25) is 0 Å². The van der Waals surface area contributed by atoms with Gasteiger partial charge in [-0.25, -0.2) is 0 Å². The van der Waals surface area contributed by atoms with Crippen molar-refractivity contribution in [2.24, 2.45) is 0 Å². The number of carbonyl (C=O) groups is 1. The molecule has 0 aliphatic carbocycles. The average molecular weight is 763 g/mol. The minimum Gasteiger partial charge on any atom is -0.457 e. The molecular weight excluding hydrogens is 692 g/mol. The molecule has 0 aromatic carbocycles. The fourth-order valence-corrected chi connectivity index (χ4v) is 6.11. The zero-order valence-electron chi connectivity index (χ0n) is 32.0. The first kappa shape index (κ1) is 47.6. The van der Waals surface area contributed by atoms with Crippen LogP contribution in [-0.4, -0.2) is 142 Å². The Bertz CT molecular complexity index is 980. The minimum atomic E-state index is -1.70. The predicted octanol–water partition coefficient (Wildman–Crippen LogP) is 2.95. The van der Waals surface area contributed by atoms with E-state index in [9.17, 15) is 40.5 Å². The van der Waals surface area contributed by atoms with Crippen molar-refractivity contribution in [2.75, 3.05) is 33.0 Å². The van der Waals surface area contributed by atoms with Crippen molar-refractivity contribution in [3.8, 4) is 0 Å². The number of hydrogen-bond donors (Lipinski definition) is 7. The van der Waals surface area contributed by atoms with E-state index in [1.165, 1.54) is 57.8 Å². The van der Waals surface area contributed by atoms with Gasteiger partial charge < -0.3 is 64.2 Å².